The number of benzene rings is 3. The van der Waals surface area contributed by atoms with Gasteiger partial charge in [-0.2, -0.15) is 0 Å². The molecule has 1 aliphatic rings. The average Bonchev–Trinajstić information content (AvgIpc) is 3.04. The van der Waals surface area contributed by atoms with Crippen molar-refractivity contribution in [1.82, 2.24) is 4.90 Å². The first-order valence-electron chi connectivity index (χ1n) is 9.92. The average molecular weight is 432 g/mol. The minimum Gasteiger partial charge on any atom is -0.497 e. The van der Waals surface area contributed by atoms with Crippen LogP contribution in [0.5, 0.6) is 11.5 Å². The molecule has 3 aromatic rings. The van der Waals surface area contributed by atoms with E-state index >= 15 is 0 Å². The molecule has 32 heavy (non-hydrogen) atoms. The van der Waals surface area contributed by atoms with Crippen molar-refractivity contribution in [2.24, 2.45) is 0 Å². The lowest BCUT2D eigenvalue weighted by molar-refractivity contribution is -0.137. The van der Waals surface area contributed by atoms with E-state index in [4.69, 9.17) is 9.47 Å². The molecule has 1 N–H and O–H groups in total. The molecule has 7 heteroatoms. The Morgan fingerprint density at radius 2 is 1.62 bits per heavy atom. The molecule has 0 fully saturated rings. The number of imide groups is 1. The maximum atomic E-state index is 14.3. The van der Waals surface area contributed by atoms with Gasteiger partial charge < -0.3 is 14.8 Å². The lowest BCUT2D eigenvalue weighted by atomic mass is 10.0. The maximum absolute atomic E-state index is 14.3. The van der Waals surface area contributed by atoms with E-state index in [-0.39, 0.29) is 23.4 Å². The lowest BCUT2D eigenvalue weighted by Gasteiger charge is -2.16. The van der Waals surface area contributed by atoms with Crippen LogP contribution >= 0.6 is 0 Å². The molecule has 3 aromatic carbocycles. The summed E-state index contributed by atoms with van der Waals surface area (Å²) in [6.07, 6.45) is 0. The second-order valence-electron chi connectivity index (χ2n) is 7.10. The van der Waals surface area contributed by atoms with E-state index in [1.165, 1.54) is 13.2 Å². The molecule has 0 atom stereocenters. The molecular formula is C25H21FN2O4. The van der Waals surface area contributed by atoms with Crippen LogP contribution in [-0.2, 0) is 16.1 Å². The second kappa shape index (κ2) is 8.93. The molecule has 0 saturated heterocycles. The fraction of sp³-hybridized carbons (Fsp3) is 0.120. The Kier molecular flexibility index (Phi) is 5.89. The van der Waals surface area contributed by atoms with Crippen LogP contribution in [0.25, 0.3) is 5.57 Å². The number of ether oxygens (including phenoxy) is 2. The van der Waals surface area contributed by atoms with Crippen LogP contribution in [0.1, 0.15) is 11.1 Å². The van der Waals surface area contributed by atoms with Gasteiger partial charge in [-0.1, -0.05) is 42.5 Å². The first-order chi connectivity index (χ1) is 15.5. The third kappa shape index (κ3) is 3.92. The summed E-state index contributed by atoms with van der Waals surface area (Å²) < 4.78 is 24.9. The van der Waals surface area contributed by atoms with Gasteiger partial charge in [-0.15, -0.1) is 0 Å². The summed E-state index contributed by atoms with van der Waals surface area (Å²) in [5, 5.41) is 3.06. The molecule has 0 radical (unpaired) electrons. The predicted octanol–water partition coefficient (Wildman–Crippen LogP) is 4.24. The third-order valence-electron chi connectivity index (χ3n) is 5.17. The van der Waals surface area contributed by atoms with E-state index in [0.717, 1.165) is 4.90 Å². The van der Waals surface area contributed by atoms with Crippen molar-refractivity contribution in [2.45, 2.75) is 6.54 Å². The van der Waals surface area contributed by atoms with Crippen LogP contribution < -0.4 is 14.8 Å². The van der Waals surface area contributed by atoms with Gasteiger partial charge >= 0.3 is 0 Å². The number of halogens is 1. The molecular weight excluding hydrogens is 411 g/mol. The number of carbonyl (C=O) groups excluding carboxylic acids is 2. The Hall–Kier alpha value is -4.13. The van der Waals surface area contributed by atoms with Gasteiger partial charge in [0, 0.05) is 22.9 Å². The Morgan fingerprint density at radius 3 is 2.38 bits per heavy atom. The van der Waals surface area contributed by atoms with Gasteiger partial charge in [0.15, 0.2) is 0 Å². The molecule has 0 aliphatic carbocycles. The highest BCUT2D eigenvalue weighted by Gasteiger charge is 2.40. The van der Waals surface area contributed by atoms with Crippen molar-refractivity contribution in [3.8, 4) is 11.5 Å². The molecule has 0 aromatic heterocycles. The SMILES string of the molecule is COc1cccc(NC2=C(c3ccccc3OC)C(=O)N(Cc3ccccc3F)C2=O)c1. The van der Waals surface area contributed by atoms with Crippen molar-refractivity contribution >= 4 is 23.1 Å². The number of hydrogen-bond acceptors (Lipinski definition) is 5. The summed E-state index contributed by atoms with van der Waals surface area (Å²) in [4.78, 5) is 27.8. The van der Waals surface area contributed by atoms with Crippen LogP contribution in [0.4, 0.5) is 10.1 Å². The number of nitrogens with one attached hydrogen (secondary N) is 1. The van der Waals surface area contributed by atoms with Crippen molar-refractivity contribution in [2.75, 3.05) is 19.5 Å². The summed E-state index contributed by atoms with van der Waals surface area (Å²) in [5.41, 5.74) is 1.53. The van der Waals surface area contributed by atoms with Crippen molar-refractivity contribution < 1.29 is 23.5 Å². The molecule has 6 nitrogen and oxygen atoms in total. The Balaban J connectivity index is 1.79. The van der Waals surface area contributed by atoms with Gasteiger partial charge in [0.05, 0.1) is 26.3 Å². The maximum Gasteiger partial charge on any atom is 0.278 e. The number of nitrogens with zero attached hydrogens (tertiary/aromatic N) is 1. The van der Waals surface area contributed by atoms with Gasteiger partial charge in [-0.05, 0) is 24.3 Å². The number of hydrogen-bond donors (Lipinski definition) is 1. The van der Waals surface area contributed by atoms with Gasteiger partial charge in [-0.3, -0.25) is 14.5 Å². The molecule has 4 rings (SSSR count). The van der Waals surface area contributed by atoms with Crippen molar-refractivity contribution in [1.29, 1.82) is 0 Å². The number of anilines is 1. The van der Waals surface area contributed by atoms with Crippen LogP contribution in [0.3, 0.4) is 0 Å². The summed E-state index contributed by atoms with van der Waals surface area (Å²) in [7, 11) is 3.03. The highest BCUT2D eigenvalue weighted by molar-refractivity contribution is 6.36. The predicted molar refractivity (Wildman–Crippen MR) is 118 cm³/mol. The van der Waals surface area contributed by atoms with Gasteiger partial charge in [0.1, 0.15) is 23.0 Å². The van der Waals surface area contributed by atoms with Crippen LogP contribution in [0, 0.1) is 5.82 Å². The largest absolute Gasteiger partial charge is 0.497 e. The number of methoxy groups -OCH3 is 2. The minimum absolute atomic E-state index is 0.0871. The monoisotopic (exact) mass is 432 g/mol. The first-order valence-corrected chi connectivity index (χ1v) is 9.92. The van der Waals surface area contributed by atoms with Gasteiger partial charge in [0.2, 0.25) is 0 Å². The smallest absolute Gasteiger partial charge is 0.278 e. The molecule has 1 heterocycles. The Labute approximate surface area is 184 Å². The Morgan fingerprint density at radius 1 is 0.875 bits per heavy atom. The first kappa shape index (κ1) is 21.1. The fourth-order valence-electron chi connectivity index (χ4n) is 3.58. The third-order valence-corrected chi connectivity index (χ3v) is 5.17. The van der Waals surface area contributed by atoms with E-state index in [9.17, 15) is 14.0 Å². The zero-order valence-corrected chi connectivity index (χ0v) is 17.6. The van der Waals surface area contributed by atoms with E-state index in [1.807, 2.05) is 0 Å². The minimum atomic E-state index is -0.554. The molecule has 2 amide bonds. The second-order valence-corrected chi connectivity index (χ2v) is 7.10. The summed E-state index contributed by atoms with van der Waals surface area (Å²) in [6, 6.07) is 20.0. The molecule has 0 saturated carbocycles. The van der Waals surface area contributed by atoms with E-state index in [1.54, 1.807) is 73.8 Å². The van der Waals surface area contributed by atoms with Crippen LogP contribution in [0.2, 0.25) is 0 Å². The number of amides is 2. The van der Waals surface area contributed by atoms with Crippen molar-refractivity contribution in [3.63, 3.8) is 0 Å². The quantitative estimate of drug-likeness (QED) is 0.566. The standard InChI is InChI=1S/C25H21FN2O4/c1-31-18-10-7-9-17(14-18)27-23-22(19-11-4-6-13-21(19)32-2)24(29)28(25(23)30)15-16-8-3-5-12-20(16)26/h3-14,27H,15H2,1-2H3. The fourth-order valence-corrected chi connectivity index (χ4v) is 3.58. The topological polar surface area (TPSA) is 67.9 Å². The van der Waals surface area contributed by atoms with E-state index in [0.29, 0.717) is 22.7 Å². The summed E-state index contributed by atoms with van der Waals surface area (Å²) >= 11 is 0. The molecule has 0 unspecified atom stereocenters. The van der Waals surface area contributed by atoms with Crippen LogP contribution in [-0.4, -0.2) is 30.9 Å². The summed E-state index contributed by atoms with van der Waals surface area (Å²) in [6.45, 7) is -0.188. The zero-order valence-electron chi connectivity index (χ0n) is 17.6. The normalized spacial score (nSPS) is 13.5. The highest BCUT2D eigenvalue weighted by Crippen LogP contribution is 2.36. The van der Waals surface area contributed by atoms with Gasteiger partial charge in [-0.25, -0.2) is 4.39 Å². The van der Waals surface area contributed by atoms with E-state index in [2.05, 4.69) is 5.32 Å². The lowest BCUT2D eigenvalue weighted by Crippen LogP contribution is -2.32. The zero-order chi connectivity index (χ0) is 22.7. The van der Waals surface area contributed by atoms with Crippen LogP contribution in [0.15, 0.2) is 78.5 Å². The molecule has 162 valence electrons. The molecule has 0 bridgehead atoms. The number of rotatable bonds is 7. The number of para-hydroxylation sites is 1. The number of carbonyl (C=O) groups is 2. The summed E-state index contributed by atoms with van der Waals surface area (Å²) in [5.74, 6) is -0.535. The van der Waals surface area contributed by atoms with Gasteiger partial charge in [0.25, 0.3) is 11.8 Å². The van der Waals surface area contributed by atoms with Crippen molar-refractivity contribution in [3.05, 3.63) is 95.4 Å². The molecule has 1 aliphatic heterocycles. The van der Waals surface area contributed by atoms with E-state index < -0.39 is 17.6 Å². The molecule has 0 spiro atoms. The highest BCUT2D eigenvalue weighted by atomic mass is 19.1. The Bertz CT molecular complexity index is 1220.